The lowest BCUT2D eigenvalue weighted by molar-refractivity contribution is -0.116. The molecule has 3 rings (SSSR count). The number of ether oxygens (including phenoxy) is 1. The maximum atomic E-state index is 12.0. The average Bonchev–Trinajstić information content (AvgIpc) is 2.94. The van der Waals surface area contributed by atoms with Gasteiger partial charge in [0.05, 0.1) is 21.8 Å². The van der Waals surface area contributed by atoms with Gasteiger partial charge in [0.2, 0.25) is 5.91 Å². The van der Waals surface area contributed by atoms with E-state index in [1.165, 1.54) is 11.3 Å². The minimum Gasteiger partial charge on any atom is -0.492 e. The van der Waals surface area contributed by atoms with Crippen LogP contribution in [0.15, 0.2) is 40.9 Å². The van der Waals surface area contributed by atoms with E-state index in [2.05, 4.69) is 26.2 Å². The van der Waals surface area contributed by atoms with Crippen molar-refractivity contribution in [2.24, 2.45) is 0 Å². The average molecular weight is 460 g/mol. The molecule has 0 bridgehead atoms. The molecule has 25 heavy (non-hydrogen) atoms. The molecule has 1 aromatic heterocycles. The lowest BCUT2D eigenvalue weighted by atomic mass is 10.3. The molecule has 0 aliphatic carbocycles. The Morgan fingerprint density at radius 1 is 1.24 bits per heavy atom. The summed E-state index contributed by atoms with van der Waals surface area (Å²) in [4.78, 5) is 16.4. The van der Waals surface area contributed by atoms with E-state index in [1.807, 2.05) is 18.2 Å². The SMILES string of the molecule is O=C(CCCOc1ccc(Br)cc1Cl)Nc1nc2ccc(Cl)cc2s1. The molecule has 0 atom stereocenters. The van der Waals surface area contributed by atoms with Gasteiger partial charge in [-0.25, -0.2) is 4.98 Å². The highest BCUT2D eigenvalue weighted by Crippen LogP contribution is 2.29. The number of amides is 1. The van der Waals surface area contributed by atoms with E-state index in [-0.39, 0.29) is 5.91 Å². The molecule has 0 saturated carbocycles. The minimum atomic E-state index is -0.101. The number of rotatable bonds is 6. The molecule has 0 spiro atoms. The summed E-state index contributed by atoms with van der Waals surface area (Å²) in [6.07, 6.45) is 0.916. The number of nitrogens with one attached hydrogen (secondary N) is 1. The van der Waals surface area contributed by atoms with Crippen molar-refractivity contribution >= 4 is 71.7 Å². The Morgan fingerprint density at radius 2 is 2.08 bits per heavy atom. The third kappa shape index (κ3) is 5.07. The molecular weight excluding hydrogens is 447 g/mol. The van der Waals surface area contributed by atoms with Crippen LogP contribution in [0.3, 0.4) is 0 Å². The molecule has 1 N–H and O–H groups in total. The molecule has 8 heteroatoms. The second-order valence-corrected chi connectivity index (χ2v) is 8.00. The number of hydrogen-bond donors (Lipinski definition) is 1. The summed E-state index contributed by atoms with van der Waals surface area (Å²) >= 11 is 16.8. The van der Waals surface area contributed by atoms with Crippen LogP contribution in [-0.4, -0.2) is 17.5 Å². The molecule has 0 unspecified atom stereocenters. The van der Waals surface area contributed by atoms with Gasteiger partial charge in [-0.2, -0.15) is 0 Å². The third-order valence-electron chi connectivity index (χ3n) is 3.30. The van der Waals surface area contributed by atoms with E-state index >= 15 is 0 Å². The first kappa shape index (κ1) is 18.5. The maximum absolute atomic E-state index is 12.0. The Labute approximate surface area is 167 Å². The topological polar surface area (TPSA) is 51.2 Å². The number of halogens is 3. The Bertz CT molecular complexity index is 917. The predicted octanol–water partition coefficient (Wildman–Crippen LogP) is 6.16. The van der Waals surface area contributed by atoms with Crippen molar-refractivity contribution in [2.75, 3.05) is 11.9 Å². The molecule has 1 heterocycles. The summed E-state index contributed by atoms with van der Waals surface area (Å²) in [5.74, 6) is 0.504. The van der Waals surface area contributed by atoms with Crippen molar-refractivity contribution in [3.63, 3.8) is 0 Å². The number of anilines is 1. The molecule has 3 aromatic rings. The second kappa shape index (κ2) is 8.36. The van der Waals surface area contributed by atoms with Crippen molar-refractivity contribution < 1.29 is 9.53 Å². The zero-order valence-electron chi connectivity index (χ0n) is 12.9. The van der Waals surface area contributed by atoms with Crippen LogP contribution in [0.4, 0.5) is 5.13 Å². The van der Waals surface area contributed by atoms with Crippen LogP contribution in [0, 0.1) is 0 Å². The van der Waals surface area contributed by atoms with Gasteiger partial charge in [-0.05, 0) is 42.8 Å². The normalized spacial score (nSPS) is 10.8. The Morgan fingerprint density at radius 3 is 2.88 bits per heavy atom. The van der Waals surface area contributed by atoms with E-state index in [0.717, 1.165) is 14.7 Å². The Kier molecular flexibility index (Phi) is 6.17. The highest BCUT2D eigenvalue weighted by atomic mass is 79.9. The zero-order chi connectivity index (χ0) is 17.8. The van der Waals surface area contributed by atoms with Gasteiger partial charge in [0.1, 0.15) is 5.75 Å². The van der Waals surface area contributed by atoms with Crippen molar-refractivity contribution in [3.8, 4) is 5.75 Å². The Hall–Kier alpha value is -1.34. The predicted molar refractivity (Wildman–Crippen MR) is 107 cm³/mol. The summed E-state index contributed by atoms with van der Waals surface area (Å²) in [7, 11) is 0. The summed E-state index contributed by atoms with van der Waals surface area (Å²) < 4.78 is 7.42. The van der Waals surface area contributed by atoms with Gasteiger partial charge in [0.25, 0.3) is 0 Å². The van der Waals surface area contributed by atoms with Crippen LogP contribution < -0.4 is 10.1 Å². The second-order valence-electron chi connectivity index (χ2n) is 5.21. The first-order chi connectivity index (χ1) is 12.0. The van der Waals surface area contributed by atoms with Crippen LogP contribution in [0.2, 0.25) is 10.0 Å². The largest absolute Gasteiger partial charge is 0.492 e. The number of carbonyl (C=O) groups excluding carboxylic acids is 1. The molecular formula is C17H13BrCl2N2O2S. The molecule has 0 fully saturated rings. The van der Waals surface area contributed by atoms with Crippen molar-refractivity contribution in [1.82, 2.24) is 4.98 Å². The quantitative estimate of drug-likeness (QED) is 0.449. The first-order valence-electron chi connectivity index (χ1n) is 7.45. The van der Waals surface area contributed by atoms with Crippen molar-refractivity contribution in [1.29, 1.82) is 0 Å². The molecule has 0 saturated heterocycles. The summed E-state index contributed by atoms with van der Waals surface area (Å²) in [6.45, 7) is 0.407. The van der Waals surface area contributed by atoms with Gasteiger partial charge in [-0.1, -0.05) is 50.5 Å². The number of nitrogens with zero attached hydrogens (tertiary/aromatic N) is 1. The first-order valence-corrected chi connectivity index (χ1v) is 9.81. The number of benzene rings is 2. The summed E-state index contributed by atoms with van der Waals surface area (Å²) in [5.41, 5.74) is 0.818. The monoisotopic (exact) mass is 458 g/mol. The van der Waals surface area contributed by atoms with Crippen LogP contribution in [0.25, 0.3) is 10.2 Å². The lowest BCUT2D eigenvalue weighted by Crippen LogP contribution is -2.12. The standard InChI is InChI=1S/C17H13BrCl2N2O2S/c18-10-3-6-14(12(20)8-10)24-7-1-2-16(23)22-17-21-13-5-4-11(19)9-15(13)25-17/h3-6,8-9H,1-2,7H2,(H,21,22,23). The molecule has 0 radical (unpaired) electrons. The number of hydrogen-bond acceptors (Lipinski definition) is 4. The van der Waals surface area contributed by atoms with E-state index in [9.17, 15) is 4.79 Å². The fourth-order valence-corrected chi connectivity index (χ4v) is 4.03. The molecule has 0 aliphatic heterocycles. The molecule has 130 valence electrons. The molecule has 4 nitrogen and oxygen atoms in total. The van der Waals surface area contributed by atoms with Gasteiger partial charge >= 0.3 is 0 Å². The highest BCUT2D eigenvalue weighted by molar-refractivity contribution is 9.10. The van der Waals surface area contributed by atoms with Crippen LogP contribution in [0.5, 0.6) is 5.75 Å². The van der Waals surface area contributed by atoms with E-state index in [1.54, 1.807) is 18.2 Å². The smallest absolute Gasteiger partial charge is 0.226 e. The lowest BCUT2D eigenvalue weighted by Gasteiger charge is -2.08. The van der Waals surface area contributed by atoms with Gasteiger partial charge in [0.15, 0.2) is 5.13 Å². The zero-order valence-corrected chi connectivity index (χ0v) is 16.8. The summed E-state index contributed by atoms with van der Waals surface area (Å²) in [6, 6.07) is 10.9. The minimum absolute atomic E-state index is 0.101. The molecule has 2 aromatic carbocycles. The van der Waals surface area contributed by atoms with Crippen molar-refractivity contribution in [2.45, 2.75) is 12.8 Å². The van der Waals surface area contributed by atoms with Crippen LogP contribution >= 0.6 is 50.5 Å². The van der Waals surface area contributed by atoms with Gasteiger partial charge < -0.3 is 10.1 Å². The van der Waals surface area contributed by atoms with Crippen molar-refractivity contribution in [3.05, 3.63) is 50.9 Å². The third-order valence-corrected chi connectivity index (χ3v) is 5.25. The number of thiazole rings is 1. The van der Waals surface area contributed by atoms with Gasteiger partial charge in [0, 0.05) is 15.9 Å². The maximum Gasteiger partial charge on any atom is 0.226 e. The van der Waals surface area contributed by atoms with Crippen LogP contribution in [0.1, 0.15) is 12.8 Å². The molecule has 0 aliphatic rings. The molecule has 1 amide bonds. The summed E-state index contributed by atoms with van der Waals surface area (Å²) in [5, 5.41) is 4.56. The fourth-order valence-electron chi connectivity index (χ4n) is 2.14. The van der Waals surface area contributed by atoms with Gasteiger partial charge in [-0.3, -0.25) is 4.79 Å². The van der Waals surface area contributed by atoms with E-state index in [0.29, 0.717) is 40.4 Å². The van der Waals surface area contributed by atoms with Gasteiger partial charge in [-0.15, -0.1) is 0 Å². The van der Waals surface area contributed by atoms with Crippen LogP contribution in [-0.2, 0) is 4.79 Å². The Balaban J connectivity index is 1.47. The number of fused-ring (bicyclic) bond motifs is 1. The van der Waals surface area contributed by atoms with E-state index in [4.69, 9.17) is 27.9 Å². The highest BCUT2D eigenvalue weighted by Gasteiger charge is 2.09. The van der Waals surface area contributed by atoms with E-state index < -0.39 is 0 Å². The fraction of sp³-hybridized carbons (Fsp3) is 0.176. The number of carbonyl (C=O) groups is 1. The number of aromatic nitrogens is 1.